The Morgan fingerprint density at radius 3 is 2.54 bits per heavy atom. The van der Waals surface area contributed by atoms with Gasteiger partial charge < -0.3 is 4.90 Å². The van der Waals surface area contributed by atoms with E-state index in [-0.39, 0.29) is 5.41 Å². The van der Waals surface area contributed by atoms with E-state index in [1.807, 2.05) is 4.90 Å². The Balaban J connectivity index is 2.50. The summed E-state index contributed by atoms with van der Waals surface area (Å²) in [5.41, 5.74) is 0.236. The average molecular weight is 183 g/mol. The third-order valence-corrected chi connectivity index (χ3v) is 2.34. The van der Waals surface area contributed by atoms with Crippen LogP contribution in [0.2, 0.25) is 0 Å². The highest BCUT2D eigenvalue weighted by molar-refractivity contribution is 5.76. The second-order valence-corrected chi connectivity index (χ2v) is 5.19. The molecule has 1 fully saturated rings. The SMILES string of the molecule is CC(C)(C)CN1CCCCCC1=O. The maximum Gasteiger partial charge on any atom is 0.222 e. The van der Waals surface area contributed by atoms with Crippen molar-refractivity contribution in [3.8, 4) is 0 Å². The number of nitrogens with zero attached hydrogens (tertiary/aromatic N) is 1. The van der Waals surface area contributed by atoms with Gasteiger partial charge in [-0.3, -0.25) is 4.79 Å². The molecule has 1 rings (SSSR count). The van der Waals surface area contributed by atoms with Gasteiger partial charge in [0.05, 0.1) is 0 Å². The first-order valence-electron chi connectivity index (χ1n) is 5.27. The van der Waals surface area contributed by atoms with E-state index in [4.69, 9.17) is 0 Å². The molecule has 13 heavy (non-hydrogen) atoms. The standard InChI is InChI=1S/C11H21NO/c1-11(2,3)9-12-8-6-4-5-7-10(12)13/h4-9H2,1-3H3. The summed E-state index contributed by atoms with van der Waals surface area (Å²) in [5.74, 6) is 0.354. The minimum absolute atomic E-state index is 0.236. The Kier molecular flexibility index (Phi) is 3.34. The summed E-state index contributed by atoms with van der Waals surface area (Å²) in [6, 6.07) is 0. The number of carbonyl (C=O) groups is 1. The van der Waals surface area contributed by atoms with Gasteiger partial charge in [-0.2, -0.15) is 0 Å². The monoisotopic (exact) mass is 183 g/mol. The Bertz CT molecular complexity index is 181. The van der Waals surface area contributed by atoms with E-state index >= 15 is 0 Å². The van der Waals surface area contributed by atoms with Crippen LogP contribution in [0, 0.1) is 5.41 Å². The topological polar surface area (TPSA) is 20.3 Å². The minimum atomic E-state index is 0.236. The molecule has 1 heterocycles. The van der Waals surface area contributed by atoms with Crippen molar-refractivity contribution in [1.29, 1.82) is 0 Å². The fourth-order valence-electron chi connectivity index (χ4n) is 1.78. The summed E-state index contributed by atoms with van der Waals surface area (Å²) in [7, 11) is 0. The summed E-state index contributed by atoms with van der Waals surface area (Å²) in [5, 5.41) is 0. The van der Waals surface area contributed by atoms with Crippen LogP contribution in [0.3, 0.4) is 0 Å². The summed E-state index contributed by atoms with van der Waals surface area (Å²) >= 11 is 0. The molecule has 0 aromatic carbocycles. The zero-order chi connectivity index (χ0) is 9.90. The van der Waals surface area contributed by atoms with E-state index < -0.39 is 0 Å². The second kappa shape index (κ2) is 4.12. The molecule has 76 valence electrons. The molecular formula is C11H21NO. The molecule has 1 saturated heterocycles. The number of rotatable bonds is 1. The summed E-state index contributed by atoms with van der Waals surface area (Å²) in [6.45, 7) is 8.43. The molecule has 0 atom stereocenters. The molecule has 0 radical (unpaired) electrons. The van der Waals surface area contributed by atoms with Crippen LogP contribution in [-0.2, 0) is 4.79 Å². The van der Waals surface area contributed by atoms with Gasteiger partial charge in [0.15, 0.2) is 0 Å². The predicted molar refractivity (Wildman–Crippen MR) is 54.5 cm³/mol. The quantitative estimate of drug-likeness (QED) is 0.611. The predicted octanol–water partition coefficient (Wildman–Crippen LogP) is 2.44. The molecule has 0 N–H and O–H groups in total. The van der Waals surface area contributed by atoms with Gasteiger partial charge in [-0.05, 0) is 18.3 Å². The fraction of sp³-hybridized carbons (Fsp3) is 0.909. The van der Waals surface area contributed by atoms with Gasteiger partial charge in [0.2, 0.25) is 5.91 Å². The highest BCUT2D eigenvalue weighted by Gasteiger charge is 2.21. The Labute approximate surface area is 81.3 Å². The molecule has 1 aliphatic heterocycles. The summed E-state index contributed by atoms with van der Waals surface area (Å²) < 4.78 is 0. The highest BCUT2D eigenvalue weighted by atomic mass is 16.2. The largest absolute Gasteiger partial charge is 0.342 e. The number of hydrogen-bond donors (Lipinski definition) is 0. The lowest BCUT2D eigenvalue weighted by Crippen LogP contribution is -2.37. The number of carbonyl (C=O) groups excluding carboxylic acids is 1. The molecular weight excluding hydrogens is 162 g/mol. The molecule has 1 amide bonds. The van der Waals surface area contributed by atoms with Gasteiger partial charge in [-0.15, -0.1) is 0 Å². The van der Waals surface area contributed by atoms with Crippen molar-refractivity contribution in [2.24, 2.45) is 5.41 Å². The number of amides is 1. The zero-order valence-corrected chi connectivity index (χ0v) is 9.10. The van der Waals surface area contributed by atoms with E-state index in [9.17, 15) is 4.79 Å². The normalized spacial score (nSPS) is 20.2. The third-order valence-electron chi connectivity index (χ3n) is 2.34. The van der Waals surface area contributed by atoms with Gasteiger partial charge in [-0.1, -0.05) is 27.2 Å². The van der Waals surface area contributed by atoms with Crippen LogP contribution >= 0.6 is 0 Å². The van der Waals surface area contributed by atoms with Crippen LogP contribution in [0.4, 0.5) is 0 Å². The van der Waals surface area contributed by atoms with Gasteiger partial charge in [0, 0.05) is 19.5 Å². The van der Waals surface area contributed by atoms with Crippen molar-refractivity contribution in [2.75, 3.05) is 13.1 Å². The Morgan fingerprint density at radius 2 is 1.92 bits per heavy atom. The third kappa shape index (κ3) is 3.79. The first kappa shape index (κ1) is 10.6. The lowest BCUT2D eigenvalue weighted by molar-refractivity contribution is -0.131. The van der Waals surface area contributed by atoms with Crippen LogP contribution in [-0.4, -0.2) is 23.9 Å². The summed E-state index contributed by atoms with van der Waals surface area (Å²) in [4.78, 5) is 13.7. The molecule has 0 aromatic rings. The molecule has 0 aromatic heterocycles. The first-order chi connectivity index (χ1) is 5.99. The molecule has 0 unspecified atom stereocenters. The van der Waals surface area contributed by atoms with Crippen molar-refractivity contribution < 1.29 is 4.79 Å². The van der Waals surface area contributed by atoms with E-state index in [1.54, 1.807) is 0 Å². The molecule has 2 heteroatoms. The van der Waals surface area contributed by atoms with E-state index in [0.29, 0.717) is 5.91 Å². The van der Waals surface area contributed by atoms with E-state index in [2.05, 4.69) is 20.8 Å². The molecule has 1 aliphatic rings. The second-order valence-electron chi connectivity index (χ2n) is 5.19. The lowest BCUT2D eigenvalue weighted by Gasteiger charge is -2.28. The van der Waals surface area contributed by atoms with Gasteiger partial charge in [0.25, 0.3) is 0 Å². The number of likely N-dealkylation sites (tertiary alicyclic amines) is 1. The van der Waals surface area contributed by atoms with Crippen molar-refractivity contribution in [3.05, 3.63) is 0 Å². The van der Waals surface area contributed by atoms with Crippen molar-refractivity contribution >= 4 is 5.91 Å². The molecule has 0 saturated carbocycles. The van der Waals surface area contributed by atoms with Crippen molar-refractivity contribution in [3.63, 3.8) is 0 Å². The fourth-order valence-corrected chi connectivity index (χ4v) is 1.78. The maximum absolute atomic E-state index is 11.6. The van der Waals surface area contributed by atoms with Gasteiger partial charge in [0.1, 0.15) is 0 Å². The maximum atomic E-state index is 11.6. The smallest absolute Gasteiger partial charge is 0.222 e. The average Bonchev–Trinajstić information content (AvgIpc) is 2.14. The van der Waals surface area contributed by atoms with Crippen LogP contribution in [0.1, 0.15) is 46.5 Å². The van der Waals surface area contributed by atoms with Crippen LogP contribution in [0.25, 0.3) is 0 Å². The molecule has 0 spiro atoms. The van der Waals surface area contributed by atoms with Gasteiger partial charge >= 0.3 is 0 Å². The van der Waals surface area contributed by atoms with E-state index in [1.165, 1.54) is 12.8 Å². The minimum Gasteiger partial charge on any atom is -0.342 e. The van der Waals surface area contributed by atoms with Crippen LogP contribution < -0.4 is 0 Å². The molecule has 0 aliphatic carbocycles. The zero-order valence-electron chi connectivity index (χ0n) is 9.10. The highest BCUT2D eigenvalue weighted by Crippen LogP contribution is 2.19. The van der Waals surface area contributed by atoms with Crippen molar-refractivity contribution in [1.82, 2.24) is 4.90 Å². The summed E-state index contributed by atoms with van der Waals surface area (Å²) in [6.07, 6.45) is 4.24. The van der Waals surface area contributed by atoms with E-state index in [0.717, 1.165) is 25.9 Å². The molecule has 2 nitrogen and oxygen atoms in total. The van der Waals surface area contributed by atoms with Crippen molar-refractivity contribution in [2.45, 2.75) is 46.5 Å². The first-order valence-corrected chi connectivity index (χ1v) is 5.27. The lowest BCUT2D eigenvalue weighted by atomic mass is 9.96. The Hall–Kier alpha value is -0.530. The number of hydrogen-bond acceptors (Lipinski definition) is 1. The van der Waals surface area contributed by atoms with Gasteiger partial charge in [-0.25, -0.2) is 0 Å². The Morgan fingerprint density at radius 1 is 1.23 bits per heavy atom. The molecule has 0 bridgehead atoms. The van der Waals surface area contributed by atoms with Crippen LogP contribution in [0.5, 0.6) is 0 Å². The van der Waals surface area contributed by atoms with Crippen LogP contribution in [0.15, 0.2) is 0 Å².